The molecule has 58 heavy (non-hydrogen) atoms. The van der Waals surface area contributed by atoms with Crippen LogP contribution in [0.2, 0.25) is 0 Å². The van der Waals surface area contributed by atoms with Crippen molar-refractivity contribution in [2.24, 2.45) is 11.8 Å². The molecule has 0 bridgehead atoms. The Bertz CT molecular complexity index is 1390. The number of nitrogens with zero attached hydrogens (tertiary/aromatic N) is 1. The first-order valence-electron chi connectivity index (χ1n) is 20.6. The first kappa shape index (κ1) is 48.1. The van der Waals surface area contributed by atoms with Gasteiger partial charge in [-0.1, -0.05) is 32.9 Å². The van der Waals surface area contributed by atoms with E-state index in [0.29, 0.717) is 12.7 Å². The average molecular weight is 830 g/mol. The predicted molar refractivity (Wildman–Crippen MR) is 205 cm³/mol. The Hall–Kier alpha value is -2.58. The molecule has 0 saturated carbocycles. The summed E-state index contributed by atoms with van der Waals surface area (Å²) in [6, 6.07) is -0.783. The van der Waals surface area contributed by atoms with Crippen molar-refractivity contribution in [2.45, 2.75) is 191 Å². The number of methoxy groups -OCH3 is 1. The van der Waals surface area contributed by atoms with Gasteiger partial charge in [-0.15, -0.1) is 0 Å². The van der Waals surface area contributed by atoms with Crippen molar-refractivity contribution in [3.05, 3.63) is 12.2 Å². The van der Waals surface area contributed by atoms with E-state index in [4.69, 9.17) is 42.6 Å². The summed E-state index contributed by atoms with van der Waals surface area (Å²) in [7, 11) is 4.86. The van der Waals surface area contributed by atoms with Crippen LogP contribution >= 0.6 is 0 Å². The van der Waals surface area contributed by atoms with Crippen molar-refractivity contribution in [1.29, 1.82) is 0 Å². The van der Waals surface area contributed by atoms with E-state index < -0.39 is 121 Å². The highest BCUT2D eigenvalue weighted by Crippen LogP contribution is 2.38. The predicted octanol–water partition coefficient (Wildman–Crippen LogP) is 1.98. The van der Waals surface area contributed by atoms with Crippen LogP contribution in [0.15, 0.2) is 12.2 Å². The molecule has 3 fully saturated rings. The number of ether oxygens (including phenoxy) is 9. The normalized spacial score (nSPS) is 43.4. The lowest BCUT2D eigenvalue weighted by atomic mass is 9.82. The fraction of sp³-hybridized carbons (Fsp3) is 0.854. The lowest BCUT2D eigenvalue weighted by molar-refractivity contribution is -0.344. The molecule has 4 aliphatic rings. The molecule has 4 heterocycles. The second kappa shape index (κ2) is 21.3. The highest BCUT2D eigenvalue weighted by Gasteiger charge is 2.53. The largest absolute Gasteiger partial charge is 0.462 e. The Kier molecular flexibility index (Phi) is 17.6. The lowest BCUT2D eigenvalue weighted by Gasteiger charge is -2.50. The SMILES string of the molecule is CCC(=O)OC1CC(=O)OC(C)CC2OC2/C=C\C(O)C(C)CC(CC=O)C(OC2OC(C)C(OC3CC(C)(O)C(OC(=O)CC)C(C)O3)C(N(C)C)C2O)C1OC. The van der Waals surface area contributed by atoms with Crippen molar-refractivity contribution >= 4 is 24.2 Å². The Balaban J connectivity index is 1.67. The van der Waals surface area contributed by atoms with E-state index in [9.17, 15) is 34.5 Å². The maximum atomic E-state index is 13.4. The highest BCUT2D eigenvalue weighted by atomic mass is 16.7. The molecule has 3 N–H and O–H groups in total. The fourth-order valence-electron chi connectivity index (χ4n) is 8.36. The topological polar surface area (TPSA) is 219 Å². The van der Waals surface area contributed by atoms with Gasteiger partial charge >= 0.3 is 17.9 Å². The second-order valence-corrected chi connectivity index (χ2v) is 16.7. The molecule has 4 rings (SSSR count). The number of carbonyl (C=O) groups is 4. The molecule has 0 aromatic rings. The van der Waals surface area contributed by atoms with Crippen LogP contribution in [-0.4, -0.2) is 163 Å². The van der Waals surface area contributed by atoms with Gasteiger partial charge in [-0.25, -0.2) is 0 Å². The summed E-state index contributed by atoms with van der Waals surface area (Å²) in [5.41, 5.74) is -1.49. The molecule has 3 saturated heterocycles. The van der Waals surface area contributed by atoms with Crippen LogP contribution in [0.25, 0.3) is 0 Å². The molecular weight excluding hydrogens is 762 g/mol. The van der Waals surface area contributed by atoms with Gasteiger partial charge in [0.1, 0.15) is 48.5 Å². The summed E-state index contributed by atoms with van der Waals surface area (Å²) in [6.07, 6.45) is -8.08. The molecule has 18 unspecified atom stereocenters. The number of hydrogen-bond donors (Lipinski definition) is 3. The molecule has 0 radical (unpaired) electrons. The number of aliphatic hydroxyl groups is 3. The summed E-state index contributed by atoms with van der Waals surface area (Å²) in [6.45, 7) is 11.8. The molecule has 17 heteroatoms. The van der Waals surface area contributed by atoms with E-state index in [0.717, 1.165) is 0 Å². The zero-order valence-corrected chi connectivity index (χ0v) is 35.6. The average Bonchev–Trinajstić information content (AvgIpc) is 3.89. The van der Waals surface area contributed by atoms with E-state index in [2.05, 4.69) is 0 Å². The summed E-state index contributed by atoms with van der Waals surface area (Å²) in [5.74, 6) is -2.86. The van der Waals surface area contributed by atoms with E-state index in [-0.39, 0.29) is 44.3 Å². The Morgan fingerprint density at radius 1 is 0.931 bits per heavy atom. The van der Waals surface area contributed by atoms with Crippen molar-refractivity contribution in [3.63, 3.8) is 0 Å². The monoisotopic (exact) mass is 829 g/mol. The van der Waals surface area contributed by atoms with Crippen LogP contribution in [0, 0.1) is 11.8 Å². The fourth-order valence-corrected chi connectivity index (χ4v) is 8.36. The van der Waals surface area contributed by atoms with Gasteiger partial charge in [-0.05, 0) is 60.0 Å². The second-order valence-electron chi connectivity index (χ2n) is 16.7. The third kappa shape index (κ3) is 12.5. The highest BCUT2D eigenvalue weighted by molar-refractivity contribution is 5.72. The van der Waals surface area contributed by atoms with Gasteiger partial charge in [-0.3, -0.25) is 14.4 Å². The molecule has 0 amide bonds. The van der Waals surface area contributed by atoms with Gasteiger partial charge < -0.3 is 67.6 Å². The minimum Gasteiger partial charge on any atom is -0.462 e. The van der Waals surface area contributed by atoms with Crippen LogP contribution < -0.4 is 0 Å². The number of esters is 3. The van der Waals surface area contributed by atoms with Crippen molar-refractivity contribution < 1.29 is 77.1 Å². The molecule has 4 aliphatic heterocycles. The van der Waals surface area contributed by atoms with Crippen LogP contribution in [-0.2, 0) is 61.8 Å². The van der Waals surface area contributed by atoms with E-state index >= 15 is 0 Å². The molecule has 18 atom stereocenters. The van der Waals surface area contributed by atoms with Crippen LogP contribution in [0.1, 0.15) is 93.4 Å². The molecular formula is C41H67NO16. The maximum Gasteiger partial charge on any atom is 0.309 e. The van der Waals surface area contributed by atoms with E-state index in [1.807, 2.05) is 6.92 Å². The lowest BCUT2D eigenvalue weighted by Crippen LogP contribution is -2.66. The number of cyclic esters (lactones) is 1. The third-order valence-electron chi connectivity index (χ3n) is 11.5. The van der Waals surface area contributed by atoms with Gasteiger partial charge in [0.2, 0.25) is 0 Å². The number of likely N-dealkylation sites (N-methyl/N-ethyl adjacent to an activating group) is 1. The number of fused-ring (bicyclic) bond motifs is 1. The first-order chi connectivity index (χ1) is 27.3. The number of hydrogen-bond acceptors (Lipinski definition) is 17. The van der Waals surface area contributed by atoms with Crippen molar-refractivity contribution in [2.75, 3.05) is 21.2 Å². The van der Waals surface area contributed by atoms with Crippen LogP contribution in [0.4, 0.5) is 0 Å². The Labute approximate surface area is 341 Å². The molecule has 332 valence electrons. The van der Waals surface area contributed by atoms with Gasteiger partial charge in [0.15, 0.2) is 18.7 Å². The zero-order chi connectivity index (χ0) is 43.1. The van der Waals surface area contributed by atoms with Gasteiger partial charge in [0.05, 0.1) is 43.0 Å². The summed E-state index contributed by atoms with van der Waals surface area (Å²) in [5, 5.41) is 34.6. The van der Waals surface area contributed by atoms with Crippen molar-refractivity contribution in [3.8, 4) is 0 Å². The number of aldehydes is 1. The quantitative estimate of drug-likeness (QED) is 0.0842. The maximum absolute atomic E-state index is 13.4. The number of epoxide rings is 1. The van der Waals surface area contributed by atoms with Crippen molar-refractivity contribution in [1.82, 2.24) is 4.90 Å². The minimum absolute atomic E-state index is 0.00499. The summed E-state index contributed by atoms with van der Waals surface area (Å²) in [4.78, 5) is 52.5. The molecule has 0 aromatic carbocycles. The van der Waals surface area contributed by atoms with E-state index in [1.165, 1.54) is 7.11 Å². The molecule has 17 nitrogen and oxygen atoms in total. The number of carbonyl (C=O) groups excluding carboxylic acids is 4. The van der Waals surface area contributed by atoms with Gasteiger partial charge in [-0.2, -0.15) is 0 Å². The number of rotatable bonds is 12. The molecule has 0 aromatic heterocycles. The summed E-state index contributed by atoms with van der Waals surface area (Å²) < 4.78 is 54.4. The Morgan fingerprint density at radius 2 is 1.60 bits per heavy atom. The minimum atomic E-state index is -1.49. The van der Waals surface area contributed by atoms with Crippen LogP contribution in [0.3, 0.4) is 0 Å². The van der Waals surface area contributed by atoms with E-state index in [1.54, 1.807) is 72.7 Å². The van der Waals surface area contributed by atoms with Crippen LogP contribution in [0.5, 0.6) is 0 Å². The molecule has 0 spiro atoms. The molecule has 0 aliphatic carbocycles. The number of aliphatic hydroxyl groups excluding tert-OH is 2. The third-order valence-corrected chi connectivity index (χ3v) is 11.5. The zero-order valence-electron chi connectivity index (χ0n) is 35.6. The van der Waals surface area contributed by atoms with Gasteiger partial charge in [0, 0.05) is 39.2 Å². The van der Waals surface area contributed by atoms with Gasteiger partial charge in [0.25, 0.3) is 0 Å². The Morgan fingerprint density at radius 3 is 2.21 bits per heavy atom. The standard InChI is InChI=1S/C41H67NO16/c1-11-30(45)55-29-19-32(47)51-22(4)18-28-27(54-28)14-13-26(44)21(3)17-25(15-16-43)37(38(29)50-10)58-40-35(48)34(42(8)9)36(23(5)53-40)57-33-20-41(7,49)39(24(6)52-33)56-31(46)12-2/h13-14,16,21-29,33-40,44,48-49H,11-12,15,17-20H2,1-10H3/b14-13-. The smallest absolute Gasteiger partial charge is 0.309 e. The summed E-state index contributed by atoms with van der Waals surface area (Å²) >= 11 is 0. The first-order valence-corrected chi connectivity index (χ1v) is 20.6.